The lowest BCUT2D eigenvalue weighted by Gasteiger charge is -2.39. The number of amides is 3. The topological polar surface area (TPSA) is 81.2 Å². The van der Waals surface area contributed by atoms with Crippen LogP contribution in [0, 0.1) is 11.8 Å². The number of carbonyl (C=O) groups excluding carboxylic acids is 3. The van der Waals surface area contributed by atoms with Gasteiger partial charge in [0.25, 0.3) is 5.91 Å². The number of halogens is 1. The molecule has 2 aromatic carbocycles. The van der Waals surface area contributed by atoms with Crippen molar-refractivity contribution in [3.05, 3.63) is 90.5 Å². The van der Waals surface area contributed by atoms with E-state index in [1.165, 1.54) is 0 Å². The number of benzene rings is 2. The monoisotopic (exact) mass is 635 g/mol. The Labute approximate surface area is 269 Å². The Bertz CT molecular complexity index is 1400. The normalized spacial score (nSPS) is 27.6. The Morgan fingerprint density at radius 1 is 1.09 bits per heavy atom. The maximum atomic E-state index is 14.9. The highest BCUT2D eigenvalue weighted by atomic mass is 35.5. The quantitative estimate of drug-likeness (QED) is 0.300. The van der Waals surface area contributed by atoms with Crippen LogP contribution in [0.3, 0.4) is 0 Å². The molecule has 2 unspecified atom stereocenters. The van der Waals surface area contributed by atoms with Crippen molar-refractivity contribution in [1.29, 1.82) is 0 Å². The summed E-state index contributed by atoms with van der Waals surface area (Å²) in [6.07, 6.45) is 5.91. The second-order valence-electron chi connectivity index (χ2n) is 12.3. The first-order chi connectivity index (χ1) is 21.2. The van der Waals surface area contributed by atoms with Crippen LogP contribution in [0.4, 0.5) is 5.69 Å². The molecule has 234 valence electrons. The van der Waals surface area contributed by atoms with E-state index in [0.29, 0.717) is 43.1 Å². The average molecular weight is 636 g/mol. The molecule has 3 fully saturated rings. The number of hydrogen-bond donors (Lipinski definition) is 1. The van der Waals surface area contributed by atoms with E-state index >= 15 is 0 Å². The number of aliphatic hydroxyl groups excluding tert-OH is 1. The number of anilines is 1. The van der Waals surface area contributed by atoms with Crippen molar-refractivity contribution < 1.29 is 19.5 Å². The van der Waals surface area contributed by atoms with Gasteiger partial charge in [-0.15, -0.1) is 24.9 Å². The van der Waals surface area contributed by atoms with Gasteiger partial charge in [-0.1, -0.05) is 61.0 Å². The van der Waals surface area contributed by atoms with E-state index < -0.39 is 33.4 Å². The van der Waals surface area contributed by atoms with Crippen LogP contribution in [-0.2, 0) is 20.8 Å². The molecular formula is C35H42ClN3O4S. The Morgan fingerprint density at radius 2 is 1.77 bits per heavy atom. The number of fused-ring (bicyclic) bond motifs is 1. The van der Waals surface area contributed by atoms with Crippen LogP contribution in [0.2, 0.25) is 5.02 Å². The molecule has 44 heavy (non-hydrogen) atoms. The number of hydrogen-bond acceptors (Lipinski definition) is 5. The summed E-state index contributed by atoms with van der Waals surface area (Å²) in [7, 11) is 0. The Morgan fingerprint density at radius 3 is 2.39 bits per heavy atom. The van der Waals surface area contributed by atoms with Gasteiger partial charge in [0.2, 0.25) is 11.8 Å². The third-order valence-corrected chi connectivity index (χ3v) is 11.7. The number of carbonyl (C=O) groups is 3. The molecule has 2 bridgehead atoms. The standard InChI is InChI=1S/C35H42ClN3O4S/c1-5-19-37(20-6-2)31(41)28-29-32(42)39(27(23-40)22-24-11-9-8-10-12-24)30(35(29)18-17-34(28,4)44-35)33(43)38(21-7-3)26-15-13-25(36)14-16-26/h5,7-16,27-30,40H,1,3,6,17-23H2,2,4H3/t27-,28-,29+,30?,34+,35?/m1/s1. The van der Waals surface area contributed by atoms with E-state index in [9.17, 15) is 19.5 Å². The molecule has 2 aromatic rings. The summed E-state index contributed by atoms with van der Waals surface area (Å²) >= 11 is 7.83. The first kappa shape index (κ1) is 32.3. The van der Waals surface area contributed by atoms with Crippen molar-refractivity contribution in [3.8, 4) is 0 Å². The van der Waals surface area contributed by atoms with Crippen molar-refractivity contribution in [2.45, 2.75) is 61.1 Å². The fraction of sp³-hybridized carbons (Fsp3) is 0.457. The van der Waals surface area contributed by atoms with Crippen LogP contribution < -0.4 is 4.90 Å². The predicted octanol–water partition coefficient (Wildman–Crippen LogP) is 5.37. The highest BCUT2D eigenvalue weighted by Gasteiger charge is 2.78. The predicted molar refractivity (Wildman–Crippen MR) is 178 cm³/mol. The van der Waals surface area contributed by atoms with Gasteiger partial charge < -0.3 is 19.8 Å². The SMILES string of the molecule is C=CCN(CCC)C(=O)[C@H]1[C@H]2C(=O)N([C@@H](CO)Cc3ccccc3)C(C(=O)N(CC=C)c3ccc(Cl)cc3)C23CC[C@]1(C)S3. The van der Waals surface area contributed by atoms with Crippen molar-refractivity contribution in [3.63, 3.8) is 0 Å². The summed E-state index contributed by atoms with van der Waals surface area (Å²) in [5.74, 6) is -1.79. The molecule has 0 aliphatic carbocycles. The maximum Gasteiger partial charge on any atom is 0.251 e. The molecule has 0 saturated carbocycles. The Balaban J connectivity index is 1.63. The van der Waals surface area contributed by atoms with Crippen LogP contribution in [-0.4, -0.2) is 80.4 Å². The summed E-state index contributed by atoms with van der Waals surface area (Å²) < 4.78 is -1.31. The zero-order chi connectivity index (χ0) is 31.6. The highest BCUT2D eigenvalue weighted by Crippen LogP contribution is 2.72. The number of aliphatic hydroxyl groups is 1. The number of rotatable bonds is 13. The molecule has 7 nitrogen and oxygen atoms in total. The lowest BCUT2D eigenvalue weighted by Crippen LogP contribution is -2.58. The van der Waals surface area contributed by atoms with Crippen LogP contribution >= 0.6 is 23.4 Å². The number of thioether (sulfide) groups is 1. The fourth-order valence-electron chi connectivity index (χ4n) is 7.68. The zero-order valence-corrected chi connectivity index (χ0v) is 27.1. The third-order valence-electron chi connectivity index (χ3n) is 9.50. The molecule has 5 rings (SSSR count). The van der Waals surface area contributed by atoms with Gasteiger partial charge in [-0.25, -0.2) is 0 Å². The summed E-state index contributed by atoms with van der Waals surface area (Å²) in [6.45, 7) is 12.8. The van der Waals surface area contributed by atoms with Gasteiger partial charge in [0, 0.05) is 35.1 Å². The molecule has 3 saturated heterocycles. The molecule has 3 heterocycles. The van der Waals surface area contributed by atoms with Crippen molar-refractivity contribution in [2.75, 3.05) is 31.1 Å². The molecule has 0 aromatic heterocycles. The van der Waals surface area contributed by atoms with Gasteiger partial charge in [0.05, 0.1) is 29.2 Å². The maximum absolute atomic E-state index is 14.9. The van der Waals surface area contributed by atoms with Gasteiger partial charge in [-0.3, -0.25) is 14.4 Å². The highest BCUT2D eigenvalue weighted by molar-refractivity contribution is 8.02. The molecule has 9 heteroatoms. The minimum Gasteiger partial charge on any atom is -0.394 e. The number of likely N-dealkylation sites (tertiary alicyclic amines) is 1. The second kappa shape index (κ2) is 13.1. The van der Waals surface area contributed by atoms with Crippen LogP contribution in [0.1, 0.15) is 38.7 Å². The van der Waals surface area contributed by atoms with Crippen LogP contribution in [0.5, 0.6) is 0 Å². The van der Waals surface area contributed by atoms with E-state index in [4.69, 9.17) is 11.6 Å². The first-order valence-electron chi connectivity index (χ1n) is 15.4. The minimum absolute atomic E-state index is 0.0565. The molecule has 6 atom stereocenters. The second-order valence-corrected chi connectivity index (χ2v) is 14.6. The molecule has 3 aliphatic heterocycles. The molecule has 1 N–H and O–H groups in total. The first-order valence-corrected chi connectivity index (χ1v) is 16.6. The third kappa shape index (κ3) is 5.50. The van der Waals surface area contributed by atoms with E-state index in [1.807, 2.05) is 37.3 Å². The van der Waals surface area contributed by atoms with E-state index in [0.717, 1.165) is 12.0 Å². The van der Waals surface area contributed by atoms with E-state index in [2.05, 4.69) is 20.1 Å². The molecular weight excluding hydrogens is 594 g/mol. The van der Waals surface area contributed by atoms with Crippen molar-refractivity contribution in [2.24, 2.45) is 11.8 Å². The van der Waals surface area contributed by atoms with Gasteiger partial charge in [-0.05, 0) is 62.4 Å². The Kier molecular flexibility index (Phi) is 9.64. The van der Waals surface area contributed by atoms with E-state index in [-0.39, 0.29) is 30.9 Å². The van der Waals surface area contributed by atoms with Crippen LogP contribution in [0.15, 0.2) is 79.9 Å². The zero-order valence-electron chi connectivity index (χ0n) is 25.5. The van der Waals surface area contributed by atoms with Gasteiger partial charge in [0.15, 0.2) is 0 Å². The average Bonchev–Trinajstić information content (AvgIpc) is 3.59. The summed E-state index contributed by atoms with van der Waals surface area (Å²) in [5.41, 5.74) is 1.60. The van der Waals surface area contributed by atoms with Crippen LogP contribution in [0.25, 0.3) is 0 Å². The molecule has 3 amide bonds. The smallest absolute Gasteiger partial charge is 0.251 e. The van der Waals surface area contributed by atoms with Crippen molar-refractivity contribution in [1.82, 2.24) is 9.80 Å². The van der Waals surface area contributed by atoms with Gasteiger partial charge >= 0.3 is 0 Å². The summed E-state index contributed by atoms with van der Waals surface area (Å²) in [4.78, 5) is 49.2. The minimum atomic E-state index is -0.875. The molecule has 0 radical (unpaired) electrons. The van der Waals surface area contributed by atoms with Gasteiger partial charge in [0.1, 0.15) is 6.04 Å². The lowest BCUT2D eigenvalue weighted by molar-refractivity contribution is -0.146. The Hall–Kier alpha value is -3.07. The summed E-state index contributed by atoms with van der Waals surface area (Å²) in [5, 5.41) is 11.3. The fourth-order valence-corrected chi connectivity index (χ4v) is 10.1. The lowest BCUT2D eigenvalue weighted by atomic mass is 9.66. The number of nitrogens with zero attached hydrogens (tertiary/aromatic N) is 3. The largest absolute Gasteiger partial charge is 0.394 e. The van der Waals surface area contributed by atoms with Crippen molar-refractivity contribution >= 4 is 46.8 Å². The van der Waals surface area contributed by atoms with E-state index in [1.54, 1.807) is 62.9 Å². The summed E-state index contributed by atoms with van der Waals surface area (Å²) in [6, 6.07) is 15.2. The van der Waals surface area contributed by atoms with Gasteiger partial charge in [-0.2, -0.15) is 0 Å². The molecule has 3 aliphatic rings. The molecule has 1 spiro atoms.